The second-order valence-electron chi connectivity index (χ2n) is 7.87. The average Bonchev–Trinajstić information content (AvgIpc) is 2.86. The Labute approximate surface area is 195 Å². The molecular formula is C22H25N5O6S. The highest BCUT2D eigenvalue weighted by Gasteiger charge is 2.31. The van der Waals surface area contributed by atoms with E-state index in [0.29, 0.717) is 12.4 Å². The van der Waals surface area contributed by atoms with Gasteiger partial charge in [-0.15, -0.1) is 0 Å². The highest BCUT2D eigenvalue weighted by atomic mass is 32.2. The third kappa shape index (κ3) is 4.10. The number of ether oxygens (including phenoxy) is 1. The van der Waals surface area contributed by atoms with Crippen molar-refractivity contribution in [3.63, 3.8) is 0 Å². The largest absolute Gasteiger partial charge is 0.494 e. The zero-order chi connectivity index (χ0) is 24.6. The first kappa shape index (κ1) is 23.6. The van der Waals surface area contributed by atoms with Crippen LogP contribution < -0.4 is 16.0 Å². The number of hydrogen-bond donors (Lipinski definition) is 0. The van der Waals surface area contributed by atoms with Gasteiger partial charge >= 0.3 is 5.69 Å². The van der Waals surface area contributed by atoms with Crippen LogP contribution in [-0.4, -0.2) is 70.4 Å². The number of piperazine rings is 1. The van der Waals surface area contributed by atoms with Gasteiger partial charge in [-0.2, -0.15) is 4.31 Å². The number of nitrogens with zero attached hydrogens (tertiary/aromatic N) is 5. The quantitative estimate of drug-likeness (QED) is 0.503. The summed E-state index contributed by atoms with van der Waals surface area (Å²) in [7, 11) is -0.845. The van der Waals surface area contributed by atoms with Crippen molar-refractivity contribution in [1.29, 1.82) is 0 Å². The molecule has 0 radical (unpaired) electrons. The Morgan fingerprint density at radius 2 is 1.62 bits per heavy atom. The zero-order valence-corrected chi connectivity index (χ0v) is 19.9. The molecule has 3 aromatic rings. The Balaban J connectivity index is 1.51. The number of hydrogen-bond acceptors (Lipinski definition) is 7. The molecule has 1 aromatic carbocycles. The Morgan fingerprint density at radius 1 is 0.971 bits per heavy atom. The molecule has 0 N–H and O–H groups in total. The van der Waals surface area contributed by atoms with Gasteiger partial charge in [-0.1, -0.05) is 0 Å². The van der Waals surface area contributed by atoms with Crippen LogP contribution in [0, 0.1) is 0 Å². The van der Waals surface area contributed by atoms with E-state index in [4.69, 9.17) is 4.74 Å². The maximum atomic E-state index is 13.0. The molecule has 4 rings (SSSR count). The minimum absolute atomic E-state index is 0.0820. The van der Waals surface area contributed by atoms with E-state index in [2.05, 4.69) is 4.98 Å². The molecule has 0 spiro atoms. The molecule has 2 aromatic heterocycles. The second-order valence-corrected chi connectivity index (χ2v) is 9.81. The molecule has 1 aliphatic heterocycles. The first-order valence-electron chi connectivity index (χ1n) is 10.7. The van der Waals surface area contributed by atoms with E-state index in [1.54, 1.807) is 12.1 Å². The van der Waals surface area contributed by atoms with Crippen molar-refractivity contribution in [3.8, 4) is 5.75 Å². The normalized spacial score (nSPS) is 15.0. The smallest absolute Gasteiger partial charge is 0.332 e. The second kappa shape index (κ2) is 9.03. The van der Waals surface area contributed by atoms with Crippen molar-refractivity contribution in [2.45, 2.75) is 11.8 Å². The molecule has 1 aliphatic rings. The number of sulfonamides is 1. The number of carbonyl (C=O) groups is 1. The van der Waals surface area contributed by atoms with Crippen molar-refractivity contribution in [3.05, 3.63) is 62.9 Å². The maximum Gasteiger partial charge on any atom is 0.332 e. The Morgan fingerprint density at radius 3 is 2.24 bits per heavy atom. The topological polar surface area (TPSA) is 124 Å². The first-order valence-corrected chi connectivity index (χ1v) is 12.2. The number of carbonyl (C=O) groups excluding carboxylic acids is 1. The fourth-order valence-electron chi connectivity index (χ4n) is 3.89. The van der Waals surface area contributed by atoms with Crippen LogP contribution in [0.5, 0.6) is 5.75 Å². The van der Waals surface area contributed by atoms with E-state index in [9.17, 15) is 22.8 Å². The summed E-state index contributed by atoms with van der Waals surface area (Å²) in [6.45, 7) is 2.97. The van der Waals surface area contributed by atoms with Gasteiger partial charge in [0.25, 0.3) is 11.5 Å². The van der Waals surface area contributed by atoms with Gasteiger partial charge in [0.2, 0.25) is 10.0 Å². The summed E-state index contributed by atoms with van der Waals surface area (Å²) in [6, 6.07) is 9.16. The minimum Gasteiger partial charge on any atom is -0.494 e. The van der Waals surface area contributed by atoms with Crippen molar-refractivity contribution in [2.75, 3.05) is 32.8 Å². The van der Waals surface area contributed by atoms with Crippen molar-refractivity contribution in [2.24, 2.45) is 14.1 Å². The third-order valence-electron chi connectivity index (χ3n) is 5.82. The van der Waals surface area contributed by atoms with Crippen LogP contribution in [0.25, 0.3) is 11.0 Å². The summed E-state index contributed by atoms with van der Waals surface area (Å²) < 4.78 is 34.9. The van der Waals surface area contributed by atoms with Gasteiger partial charge in [-0.05, 0) is 43.3 Å². The molecule has 3 heterocycles. The lowest BCUT2D eigenvalue weighted by Crippen LogP contribution is -2.50. The highest BCUT2D eigenvalue weighted by molar-refractivity contribution is 7.89. The van der Waals surface area contributed by atoms with Crippen LogP contribution in [0.1, 0.15) is 17.4 Å². The van der Waals surface area contributed by atoms with Crippen molar-refractivity contribution >= 4 is 27.0 Å². The zero-order valence-electron chi connectivity index (χ0n) is 19.1. The monoisotopic (exact) mass is 487 g/mol. The fraction of sp³-hybridized carbons (Fsp3) is 0.364. The summed E-state index contributed by atoms with van der Waals surface area (Å²) in [5.74, 6) is 0.197. The third-order valence-corrected chi connectivity index (χ3v) is 7.73. The summed E-state index contributed by atoms with van der Waals surface area (Å²) in [5.41, 5.74) is -0.824. The number of benzene rings is 1. The van der Waals surface area contributed by atoms with Gasteiger partial charge < -0.3 is 9.64 Å². The molecule has 0 bridgehead atoms. The van der Waals surface area contributed by atoms with Crippen LogP contribution in [0.3, 0.4) is 0 Å². The first-order chi connectivity index (χ1) is 16.1. The predicted molar refractivity (Wildman–Crippen MR) is 124 cm³/mol. The lowest BCUT2D eigenvalue weighted by molar-refractivity contribution is 0.0692. The van der Waals surface area contributed by atoms with Crippen LogP contribution in [0.2, 0.25) is 0 Å². The molecule has 0 atom stereocenters. The molecule has 1 saturated heterocycles. The molecule has 180 valence electrons. The van der Waals surface area contributed by atoms with E-state index in [-0.39, 0.29) is 47.8 Å². The SMILES string of the molecule is CCOc1ccc(S(=O)(=O)N2CCN(C(=O)c3ccc4c(=O)n(C)c(=O)n(C)c4n3)CC2)cc1. The Kier molecular flexibility index (Phi) is 6.28. The number of aromatic nitrogens is 3. The van der Waals surface area contributed by atoms with Crippen LogP contribution >= 0.6 is 0 Å². The summed E-state index contributed by atoms with van der Waals surface area (Å²) >= 11 is 0. The van der Waals surface area contributed by atoms with E-state index in [1.165, 1.54) is 52.1 Å². The van der Waals surface area contributed by atoms with Gasteiger partial charge in [0.15, 0.2) is 0 Å². The molecule has 0 saturated carbocycles. The van der Waals surface area contributed by atoms with Crippen molar-refractivity contribution in [1.82, 2.24) is 23.3 Å². The number of aryl methyl sites for hydroxylation is 1. The molecule has 0 aliphatic carbocycles. The molecular weight excluding hydrogens is 462 g/mol. The van der Waals surface area contributed by atoms with Crippen LogP contribution in [0.15, 0.2) is 50.9 Å². The van der Waals surface area contributed by atoms with Crippen LogP contribution in [0.4, 0.5) is 0 Å². The minimum atomic E-state index is -3.71. The molecule has 34 heavy (non-hydrogen) atoms. The molecule has 0 unspecified atom stereocenters. The number of pyridine rings is 1. The van der Waals surface area contributed by atoms with E-state index >= 15 is 0 Å². The van der Waals surface area contributed by atoms with Gasteiger partial charge in [0.1, 0.15) is 17.1 Å². The Bertz CT molecular complexity index is 1470. The summed E-state index contributed by atoms with van der Waals surface area (Å²) in [4.78, 5) is 43.5. The highest BCUT2D eigenvalue weighted by Crippen LogP contribution is 2.21. The van der Waals surface area contributed by atoms with E-state index in [1.807, 2.05) is 6.92 Å². The summed E-state index contributed by atoms with van der Waals surface area (Å²) in [5, 5.41) is 0.229. The van der Waals surface area contributed by atoms with Crippen LogP contribution in [-0.2, 0) is 24.1 Å². The lowest BCUT2D eigenvalue weighted by atomic mass is 10.2. The Hall–Kier alpha value is -3.51. The van der Waals surface area contributed by atoms with Gasteiger partial charge in [-0.3, -0.25) is 18.7 Å². The van der Waals surface area contributed by atoms with Gasteiger partial charge in [-0.25, -0.2) is 18.2 Å². The molecule has 1 fully saturated rings. The van der Waals surface area contributed by atoms with Gasteiger partial charge in [0.05, 0.1) is 16.9 Å². The predicted octanol–water partition coefficient (Wildman–Crippen LogP) is 0.178. The lowest BCUT2D eigenvalue weighted by Gasteiger charge is -2.33. The summed E-state index contributed by atoms with van der Waals surface area (Å²) in [6.07, 6.45) is 0. The molecule has 12 heteroatoms. The standard InChI is InChI=1S/C22H25N5O6S/c1-4-33-15-5-7-16(8-6-15)34(31,32)27-13-11-26(12-14-27)21(29)18-10-9-17-19(23-18)24(2)22(30)25(3)20(17)28/h5-10H,4,11-14H2,1-3H3. The average molecular weight is 488 g/mol. The fourth-order valence-corrected chi connectivity index (χ4v) is 5.31. The maximum absolute atomic E-state index is 13.0. The molecule has 11 nitrogen and oxygen atoms in total. The van der Waals surface area contributed by atoms with Crippen molar-refractivity contribution < 1.29 is 17.9 Å². The molecule has 1 amide bonds. The van der Waals surface area contributed by atoms with E-state index < -0.39 is 27.2 Å². The number of fused-ring (bicyclic) bond motifs is 1. The van der Waals surface area contributed by atoms with E-state index in [0.717, 1.165) is 4.57 Å². The van der Waals surface area contributed by atoms with Gasteiger partial charge in [0, 0.05) is 40.3 Å². The number of amides is 1. The number of rotatable bonds is 5.